The van der Waals surface area contributed by atoms with Crippen LogP contribution in [-0.4, -0.2) is 14.5 Å². The zero-order valence-electron chi connectivity index (χ0n) is 30.0. The monoisotopic (exact) mass is 743 g/mol. The first-order chi connectivity index (χ1) is 27.8. The van der Waals surface area contributed by atoms with E-state index in [9.17, 15) is 23.7 Å². The maximum atomic E-state index is 14.2. The molecule has 0 atom stereocenters. The van der Waals surface area contributed by atoms with Crippen molar-refractivity contribution >= 4 is 21.8 Å². The molecule has 7 aromatic carbocycles. The van der Waals surface area contributed by atoms with Crippen molar-refractivity contribution in [3.63, 3.8) is 0 Å². The summed E-state index contributed by atoms with van der Waals surface area (Å²) >= 11 is 0. The molecule has 8 heteroatoms. The lowest BCUT2D eigenvalue weighted by molar-refractivity contribution is -0.137. The minimum atomic E-state index is -4.56. The fourth-order valence-electron chi connectivity index (χ4n) is 7.53. The van der Waals surface area contributed by atoms with E-state index in [1.807, 2.05) is 126 Å². The molecule has 57 heavy (non-hydrogen) atoms. The van der Waals surface area contributed by atoms with Gasteiger partial charge >= 0.3 is 6.18 Å². The van der Waals surface area contributed by atoms with Crippen LogP contribution in [0.5, 0.6) is 0 Å². The molecular formula is C49H28F3N5. The summed E-state index contributed by atoms with van der Waals surface area (Å²) in [6, 6.07) is 55.7. The van der Waals surface area contributed by atoms with E-state index in [2.05, 4.69) is 12.1 Å². The molecule has 0 N–H and O–H groups in total. The van der Waals surface area contributed by atoms with E-state index >= 15 is 0 Å². The Kier molecular flexibility index (Phi) is 8.65. The summed E-state index contributed by atoms with van der Waals surface area (Å²) in [5.74, 6) is 0.408. The number of benzene rings is 7. The quantitative estimate of drug-likeness (QED) is 0.170. The molecule has 9 aromatic rings. The first-order valence-electron chi connectivity index (χ1n) is 18.1. The highest BCUT2D eigenvalue weighted by Gasteiger charge is 2.32. The Morgan fingerprint density at radius 1 is 0.456 bits per heavy atom. The second kappa shape index (κ2) is 14.1. The topological polar surface area (TPSA) is 78.3 Å². The van der Waals surface area contributed by atoms with Gasteiger partial charge < -0.3 is 4.57 Å². The number of rotatable bonds is 6. The summed E-state index contributed by atoms with van der Waals surface area (Å²) in [7, 11) is 0. The maximum absolute atomic E-state index is 14.2. The molecule has 0 aliphatic heterocycles. The fraction of sp³-hybridized carbons (Fsp3) is 0.0204. The highest BCUT2D eigenvalue weighted by molar-refractivity contribution is 6.11. The highest BCUT2D eigenvalue weighted by atomic mass is 19.4. The first kappa shape index (κ1) is 34.9. The van der Waals surface area contributed by atoms with Gasteiger partial charge in [-0.15, -0.1) is 0 Å². The molecule has 0 saturated heterocycles. The predicted octanol–water partition coefficient (Wildman–Crippen LogP) is 12.7. The zero-order valence-corrected chi connectivity index (χ0v) is 30.0. The molecule has 0 radical (unpaired) electrons. The van der Waals surface area contributed by atoms with Crippen LogP contribution in [0.4, 0.5) is 13.2 Å². The van der Waals surface area contributed by atoms with Crippen LogP contribution in [0.1, 0.15) is 16.7 Å². The number of para-hydroxylation sites is 1. The summed E-state index contributed by atoms with van der Waals surface area (Å²) in [5, 5.41) is 22.0. The third-order valence-electron chi connectivity index (χ3n) is 10.1. The largest absolute Gasteiger partial charge is 0.416 e. The van der Waals surface area contributed by atoms with Gasteiger partial charge in [0.2, 0.25) is 0 Å². The van der Waals surface area contributed by atoms with Gasteiger partial charge in [0.25, 0.3) is 0 Å². The van der Waals surface area contributed by atoms with Gasteiger partial charge in [-0.1, -0.05) is 115 Å². The zero-order chi connectivity index (χ0) is 39.1. The van der Waals surface area contributed by atoms with Crippen LogP contribution in [0, 0.1) is 22.7 Å². The smallest absolute Gasteiger partial charge is 0.308 e. The Morgan fingerprint density at radius 2 is 0.947 bits per heavy atom. The van der Waals surface area contributed by atoms with Crippen molar-refractivity contribution < 1.29 is 13.2 Å². The van der Waals surface area contributed by atoms with Crippen molar-refractivity contribution in [2.45, 2.75) is 6.18 Å². The Balaban J connectivity index is 1.45. The van der Waals surface area contributed by atoms with E-state index in [0.29, 0.717) is 83.6 Å². The van der Waals surface area contributed by atoms with Crippen LogP contribution in [0.15, 0.2) is 170 Å². The second-order valence-corrected chi connectivity index (χ2v) is 13.5. The molecule has 0 bridgehead atoms. The van der Waals surface area contributed by atoms with Crippen molar-refractivity contribution in [1.29, 1.82) is 10.5 Å². The van der Waals surface area contributed by atoms with Crippen LogP contribution in [0.3, 0.4) is 0 Å². The number of nitriles is 2. The van der Waals surface area contributed by atoms with Crippen LogP contribution >= 0.6 is 0 Å². The number of hydrogen-bond donors (Lipinski definition) is 0. The molecule has 0 amide bonds. The molecule has 0 aliphatic carbocycles. The Hall–Kier alpha value is -7.81. The van der Waals surface area contributed by atoms with Gasteiger partial charge in [-0.2, -0.15) is 23.7 Å². The van der Waals surface area contributed by atoms with E-state index in [4.69, 9.17) is 9.97 Å². The average Bonchev–Trinajstić information content (AvgIpc) is 3.59. The van der Waals surface area contributed by atoms with E-state index in [1.165, 1.54) is 12.1 Å². The molecule has 0 spiro atoms. The molecule has 9 rings (SSSR count). The summed E-state index contributed by atoms with van der Waals surface area (Å²) in [6.45, 7) is 0. The number of alkyl halides is 3. The predicted molar refractivity (Wildman–Crippen MR) is 218 cm³/mol. The number of halogens is 3. The van der Waals surface area contributed by atoms with Crippen LogP contribution < -0.4 is 0 Å². The van der Waals surface area contributed by atoms with Crippen molar-refractivity contribution in [2.75, 3.05) is 0 Å². The normalized spacial score (nSPS) is 11.4. The minimum absolute atomic E-state index is 0.388. The Labute approximate surface area is 325 Å². The van der Waals surface area contributed by atoms with E-state index < -0.39 is 11.7 Å². The summed E-state index contributed by atoms with van der Waals surface area (Å²) in [4.78, 5) is 10.2. The number of hydrogen-bond acceptors (Lipinski definition) is 4. The van der Waals surface area contributed by atoms with Crippen LogP contribution in [0.2, 0.25) is 0 Å². The molecule has 0 saturated carbocycles. The van der Waals surface area contributed by atoms with Crippen molar-refractivity contribution in [3.8, 4) is 74.0 Å². The minimum Gasteiger partial charge on any atom is -0.308 e. The van der Waals surface area contributed by atoms with Gasteiger partial charge in [-0.3, -0.25) is 0 Å². The summed E-state index contributed by atoms with van der Waals surface area (Å²) < 4.78 is 44.5. The lowest BCUT2D eigenvalue weighted by Gasteiger charge is -2.22. The third-order valence-corrected chi connectivity index (χ3v) is 10.1. The van der Waals surface area contributed by atoms with Gasteiger partial charge in [0.15, 0.2) is 5.82 Å². The number of fused-ring (bicyclic) bond motifs is 3. The van der Waals surface area contributed by atoms with Crippen LogP contribution in [0.25, 0.3) is 83.6 Å². The lowest BCUT2D eigenvalue weighted by Crippen LogP contribution is -2.06. The molecule has 0 unspecified atom stereocenters. The SMILES string of the molecule is N#Cc1ccccc1-c1cc(-c2nc(-c3ccccc3)cc(-c3ccccc3)n2)cc(-c2ccccc2C#N)c1-n1c2ccccc2c2cc(C(F)(F)F)ccc21. The molecule has 0 fully saturated rings. The van der Waals surface area contributed by atoms with Crippen LogP contribution in [-0.2, 0) is 6.18 Å². The molecule has 270 valence electrons. The van der Waals surface area contributed by atoms with Gasteiger partial charge in [-0.25, -0.2) is 9.97 Å². The lowest BCUT2D eigenvalue weighted by atomic mass is 9.89. The highest BCUT2D eigenvalue weighted by Crippen LogP contribution is 2.46. The van der Waals surface area contributed by atoms with E-state index in [1.54, 1.807) is 30.3 Å². The van der Waals surface area contributed by atoms with Gasteiger partial charge in [0.1, 0.15) is 0 Å². The molecule has 2 heterocycles. The first-order valence-corrected chi connectivity index (χ1v) is 18.1. The van der Waals surface area contributed by atoms with Crippen molar-refractivity contribution in [1.82, 2.24) is 14.5 Å². The standard InChI is InChI=1S/C49H28F3N5/c50-49(51,52)36-23-24-46-40(27-36)39-21-11-12-22-45(39)57(46)47-41(37-19-9-7-17-33(37)29-53)25-35(26-42(47)38-20-10-8-18-34(38)30-54)48-55-43(31-13-3-1-4-14-31)28-44(56-48)32-15-5-2-6-16-32/h1-28H. The summed E-state index contributed by atoms with van der Waals surface area (Å²) in [5.41, 5.74) is 7.95. The Morgan fingerprint density at radius 3 is 1.49 bits per heavy atom. The number of aromatic nitrogens is 3. The fourth-order valence-corrected chi connectivity index (χ4v) is 7.53. The van der Waals surface area contributed by atoms with Gasteiger partial charge in [0, 0.05) is 49.7 Å². The maximum Gasteiger partial charge on any atom is 0.416 e. The van der Waals surface area contributed by atoms with Gasteiger partial charge in [-0.05, 0) is 54.6 Å². The van der Waals surface area contributed by atoms with Crippen molar-refractivity contribution in [3.05, 3.63) is 187 Å². The third kappa shape index (κ3) is 6.26. The summed E-state index contributed by atoms with van der Waals surface area (Å²) in [6.07, 6.45) is -4.56. The Bertz CT molecular complexity index is 2950. The second-order valence-electron chi connectivity index (χ2n) is 13.5. The molecule has 5 nitrogen and oxygen atoms in total. The number of nitrogens with zero attached hydrogens (tertiary/aromatic N) is 5. The molecule has 0 aliphatic rings. The molecular weight excluding hydrogens is 716 g/mol. The van der Waals surface area contributed by atoms with Gasteiger partial charge in [0.05, 0.1) is 56.9 Å². The average molecular weight is 744 g/mol. The molecule has 2 aromatic heterocycles. The van der Waals surface area contributed by atoms with E-state index in [-0.39, 0.29) is 0 Å². The van der Waals surface area contributed by atoms with E-state index in [0.717, 1.165) is 17.2 Å². The van der Waals surface area contributed by atoms with Crippen molar-refractivity contribution in [2.24, 2.45) is 0 Å².